The summed E-state index contributed by atoms with van der Waals surface area (Å²) in [5.74, 6) is -0.153. The van der Waals surface area contributed by atoms with Gasteiger partial charge in [-0.2, -0.15) is 0 Å². The number of carboxylic acids is 1. The van der Waals surface area contributed by atoms with E-state index in [4.69, 9.17) is 9.47 Å². The zero-order valence-electron chi connectivity index (χ0n) is 17.6. The maximum Gasteiger partial charge on any atom is 0.310 e. The highest BCUT2D eigenvalue weighted by Crippen LogP contribution is 2.49. The average Bonchev–Trinajstić information content (AvgIpc) is 3.45. The summed E-state index contributed by atoms with van der Waals surface area (Å²) in [5.41, 5.74) is 2.00. The van der Waals surface area contributed by atoms with Crippen molar-refractivity contribution in [2.45, 2.75) is 25.2 Å². The number of para-hydroxylation sites is 2. The lowest BCUT2D eigenvalue weighted by atomic mass is 9.89. The molecule has 1 unspecified atom stereocenters. The Hall–Kier alpha value is -3.48. The fourth-order valence-corrected chi connectivity index (χ4v) is 4.16. The molecule has 31 heavy (non-hydrogen) atoms. The van der Waals surface area contributed by atoms with Crippen LogP contribution in [0.1, 0.15) is 36.3 Å². The summed E-state index contributed by atoms with van der Waals surface area (Å²) in [4.78, 5) is 27.4. The van der Waals surface area contributed by atoms with Crippen molar-refractivity contribution < 1.29 is 24.2 Å². The zero-order chi connectivity index (χ0) is 22.0. The standard InChI is InChI=1S/C24H26N2O5/c1-30-20-9-5-7-16(22(20)31-2)18(17-13-25-19-8-4-3-6-15(17)19)14-26-21(27)12-24(10-11-24)23(28)29/h3-9,13,18,25H,10-12,14H2,1-2H3,(H,26,27)(H,28,29). The molecule has 2 aromatic carbocycles. The number of aromatic amines is 1. The second kappa shape index (κ2) is 8.34. The number of carboxylic acid groups (broad SMARTS) is 1. The SMILES string of the molecule is COc1cccc(C(CNC(=O)CC2(C(=O)O)CC2)c2c[nH]c3ccccc23)c1OC. The lowest BCUT2D eigenvalue weighted by Gasteiger charge is -2.22. The van der Waals surface area contributed by atoms with Crippen LogP contribution in [0, 0.1) is 5.41 Å². The summed E-state index contributed by atoms with van der Waals surface area (Å²) in [6, 6.07) is 13.7. The summed E-state index contributed by atoms with van der Waals surface area (Å²) >= 11 is 0. The van der Waals surface area contributed by atoms with Crippen molar-refractivity contribution in [3.05, 3.63) is 59.8 Å². The van der Waals surface area contributed by atoms with Gasteiger partial charge in [-0.05, 0) is 30.5 Å². The first-order valence-corrected chi connectivity index (χ1v) is 10.3. The predicted octanol–water partition coefficient (Wildman–Crippen LogP) is 3.69. The van der Waals surface area contributed by atoms with E-state index in [1.54, 1.807) is 14.2 Å². The zero-order valence-corrected chi connectivity index (χ0v) is 17.6. The van der Waals surface area contributed by atoms with Crippen LogP contribution in [0.2, 0.25) is 0 Å². The summed E-state index contributed by atoms with van der Waals surface area (Å²) in [5, 5.41) is 13.4. The van der Waals surface area contributed by atoms with Crippen molar-refractivity contribution in [1.29, 1.82) is 0 Å². The van der Waals surface area contributed by atoms with Crippen molar-refractivity contribution in [2.75, 3.05) is 20.8 Å². The minimum atomic E-state index is -0.898. The molecular weight excluding hydrogens is 396 g/mol. The smallest absolute Gasteiger partial charge is 0.310 e. The maximum absolute atomic E-state index is 12.6. The molecule has 3 N–H and O–H groups in total. The number of rotatable bonds is 9. The molecule has 7 heteroatoms. The highest BCUT2D eigenvalue weighted by molar-refractivity contribution is 5.87. The molecule has 7 nitrogen and oxygen atoms in total. The van der Waals surface area contributed by atoms with Gasteiger partial charge in [-0.3, -0.25) is 9.59 Å². The van der Waals surface area contributed by atoms with Gasteiger partial charge in [0.1, 0.15) is 0 Å². The first-order valence-electron chi connectivity index (χ1n) is 10.3. The second-order valence-electron chi connectivity index (χ2n) is 7.99. The highest BCUT2D eigenvalue weighted by Gasteiger charge is 2.51. The molecule has 0 aliphatic heterocycles. The second-order valence-corrected chi connectivity index (χ2v) is 7.99. The number of amides is 1. The molecule has 4 rings (SSSR count). The summed E-state index contributed by atoms with van der Waals surface area (Å²) in [7, 11) is 3.18. The van der Waals surface area contributed by atoms with Gasteiger partial charge in [0.25, 0.3) is 0 Å². The Labute approximate surface area is 180 Å². The van der Waals surface area contributed by atoms with E-state index in [1.807, 2.05) is 48.7 Å². The molecule has 1 aromatic heterocycles. The van der Waals surface area contributed by atoms with Crippen molar-refractivity contribution in [3.8, 4) is 11.5 Å². The van der Waals surface area contributed by atoms with E-state index in [0.717, 1.165) is 22.0 Å². The Balaban J connectivity index is 1.67. The highest BCUT2D eigenvalue weighted by atomic mass is 16.5. The first kappa shape index (κ1) is 20.8. The van der Waals surface area contributed by atoms with E-state index in [-0.39, 0.29) is 18.2 Å². The quantitative estimate of drug-likeness (QED) is 0.488. The number of ether oxygens (including phenoxy) is 2. The third-order valence-electron chi connectivity index (χ3n) is 6.12. The molecule has 0 spiro atoms. The average molecular weight is 422 g/mol. The number of aliphatic carboxylic acids is 1. The summed E-state index contributed by atoms with van der Waals surface area (Å²) < 4.78 is 11.1. The van der Waals surface area contributed by atoms with Crippen LogP contribution >= 0.6 is 0 Å². The monoisotopic (exact) mass is 422 g/mol. The van der Waals surface area contributed by atoms with E-state index in [2.05, 4.69) is 10.3 Å². The van der Waals surface area contributed by atoms with Gasteiger partial charge in [-0.25, -0.2) is 0 Å². The number of benzene rings is 2. The molecule has 1 saturated carbocycles. The molecule has 1 atom stereocenters. The number of aromatic nitrogens is 1. The van der Waals surface area contributed by atoms with Gasteiger partial charge < -0.3 is 24.9 Å². The van der Waals surface area contributed by atoms with E-state index >= 15 is 0 Å². The van der Waals surface area contributed by atoms with Crippen LogP contribution in [0.3, 0.4) is 0 Å². The minimum Gasteiger partial charge on any atom is -0.493 e. The van der Waals surface area contributed by atoms with Crippen LogP contribution in [0.5, 0.6) is 11.5 Å². The van der Waals surface area contributed by atoms with Gasteiger partial charge in [0.05, 0.1) is 19.6 Å². The Morgan fingerprint density at radius 2 is 1.87 bits per heavy atom. The first-order chi connectivity index (χ1) is 15.0. The molecule has 0 radical (unpaired) electrons. The van der Waals surface area contributed by atoms with Crippen molar-refractivity contribution >= 4 is 22.8 Å². The van der Waals surface area contributed by atoms with Crippen LogP contribution < -0.4 is 14.8 Å². The van der Waals surface area contributed by atoms with Crippen molar-refractivity contribution in [3.63, 3.8) is 0 Å². The van der Waals surface area contributed by atoms with Crippen molar-refractivity contribution in [2.24, 2.45) is 5.41 Å². The number of H-pyrrole nitrogens is 1. The number of hydrogen-bond donors (Lipinski definition) is 3. The number of carbonyl (C=O) groups is 2. The molecule has 1 fully saturated rings. The van der Waals surface area contributed by atoms with E-state index in [9.17, 15) is 14.7 Å². The van der Waals surface area contributed by atoms with Crippen LogP contribution in [-0.2, 0) is 9.59 Å². The Kier molecular flexibility index (Phi) is 5.59. The molecule has 162 valence electrons. The summed E-state index contributed by atoms with van der Waals surface area (Å²) in [6.45, 7) is 0.305. The van der Waals surface area contributed by atoms with Crippen LogP contribution in [0.15, 0.2) is 48.7 Å². The van der Waals surface area contributed by atoms with Gasteiger partial charge in [0.2, 0.25) is 5.91 Å². The molecule has 3 aromatic rings. The van der Waals surface area contributed by atoms with Crippen molar-refractivity contribution in [1.82, 2.24) is 10.3 Å². The third-order valence-corrected chi connectivity index (χ3v) is 6.12. The normalized spacial score (nSPS) is 15.3. The molecule has 0 bridgehead atoms. The minimum absolute atomic E-state index is 0.00180. The molecule has 1 aliphatic carbocycles. The molecule has 0 saturated heterocycles. The van der Waals surface area contributed by atoms with Gasteiger partial charge >= 0.3 is 5.97 Å². The Morgan fingerprint density at radius 1 is 1.10 bits per heavy atom. The number of carbonyl (C=O) groups excluding carboxylic acids is 1. The summed E-state index contributed by atoms with van der Waals surface area (Å²) in [6.07, 6.45) is 3.04. The fourth-order valence-electron chi connectivity index (χ4n) is 4.16. The van der Waals surface area contributed by atoms with E-state index in [0.29, 0.717) is 30.9 Å². The van der Waals surface area contributed by atoms with Gasteiger partial charge in [0, 0.05) is 41.5 Å². The van der Waals surface area contributed by atoms with Gasteiger partial charge in [-0.1, -0.05) is 30.3 Å². The largest absolute Gasteiger partial charge is 0.493 e. The Bertz CT molecular complexity index is 1120. The van der Waals surface area contributed by atoms with Gasteiger partial charge in [-0.15, -0.1) is 0 Å². The van der Waals surface area contributed by atoms with E-state index in [1.165, 1.54) is 0 Å². The number of hydrogen-bond acceptors (Lipinski definition) is 4. The van der Waals surface area contributed by atoms with E-state index < -0.39 is 11.4 Å². The predicted molar refractivity (Wildman–Crippen MR) is 117 cm³/mol. The lowest BCUT2D eigenvalue weighted by molar-refractivity contribution is -0.145. The third kappa shape index (κ3) is 3.95. The molecule has 1 heterocycles. The lowest BCUT2D eigenvalue weighted by Crippen LogP contribution is -2.32. The van der Waals surface area contributed by atoms with Crippen LogP contribution in [0.25, 0.3) is 10.9 Å². The fraction of sp³-hybridized carbons (Fsp3) is 0.333. The number of methoxy groups -OCH3 is 2. The van der Waals surface area contributed by atoms with Gasteiger partial charge in [0.15, 0.2) is 11.5 Å². The van der Waals surface area contributed by atoms with Crippen LogP contribution in [-0.4, -0.2) is 42.7 Å². The van der Waals surface area contributed by atoms with Crippen LogP contribution in [0.4, 0.5) is 0 Å². The topological polar surface area (TPSA) is 101 Å². The molecular formula is C24H26N2O5. The molecule has 1 amide bonds. The number of fused-ring (bicyclic) bond motifs is 1. The maximum atomic E-state index is 12.6. The number of nitrogens with one attached hydrogen (secondary N) is 2. The molecule has 1 aliphatic rings. The Morgan fingerprint density at radius 3 is 2.55 bits per heavy atom.